The Kier molecular flexibility index (Phi) is 3.46. The normalized spacial score (nSPS) is 36.0. The van der Waals surface area contributed by atoms with Crippen molar-refractivity contribution in [3.8, 4) is 0 Å². The highest BCUT2D eigenvalue weighted by molar-refractivity contribution is 5.77. The van der Waals surface area contributed by atoms with Crippen molar-refractivity contribution in [1.29, 1.82) is 0 Å². The smallest absolute Gasteiger partial charge is 0.342 e. The number of piperidine rings is 1. The number of amides is 1. The highest BCUT2D eigenvalue weighted by atomic mass is 19.4. The molecule has 0 radical (unpaired) electrons. The lowest BCUT2D eigenvalue weighted by Crippen LogP contribution is -2.56. The molecule has 1 saturated heterocycles. The van der Waals surface area contributed by atoms with Gasteiger partial charge in [-0.05, 0) is 32.6 Å². The van der Waals surface area contributed by atoms with Crippen LogP contribution in [0, 0.1) is 11.3 Å². The van der Waals surface area contributed by atoms with Crippen LogP contribution < -0.4 is 0 Å². The van der Waals surface area contributed by atoms with Crippen molar-refractivity contribution >= 4 is 5.91 Å². The molecule has 3 aliphatic rings. The fourth-order valence-corrected chi connectivity index (χ4v) is 4.79. The molecule has 2 unspecified atom stereocenters. The Morgan fingerprint density at radius 3 is 2.64 bits per heavy atom. The Bertz CT molecular complexity index is 575. The second kappa shape index (κ2) is 4.87. The van der Waals surface area contributed by atoms with Gasteiger partial charge in [0.15, 0.2) is 0 Å². The molecule has 0 aromatic carbocycles. The van der Waals surface area contributed by atoms with E-state index in [1.54, 1.807) is 13.0 Å². The molecule has 0 aromatic heterocycles. The van der Waals surface area contributed by atoms with E-state index in [1.165, 1.54) is 0 Å². The standard InChI is InChI=1S/C17H22F3NO/c1-10-11-4-7-14-16(2,9-8-15(22)21(14)3)13(11)6-5-12(10)17(18,19)20/h6,11,14H,4-5,7-9H2,1-3H3/t11?,14?,16-/m1/s1. The number of halogens is 3. The molecule has 2 nitrogen and oxygen atoms in total. The number of likely N-dealkylation sites (tertiary alicyclic amines) is 1. The van der Waals surface area contributed by atoms with Crippen LogP contribution in [0.3, 0.4) is 0 Å². The number of hydrogen-bond acceptors (Lipinski definition) is 1. The summed E-state index contributed by atoms with van der Waals surface area (Å²) in [7, 11) is 1.83. The van der Waals surface area contributed by atoms with Gasteiger partial charge in [-0.2, -0.15) is 13.2 Å². The summed E-state index contributed by atoms with van der Waals surface area (Å²) in [5.41, 5.74) is 1.07. The minimum Gasteiger partial charge on any atom is -0.342 e. The number of rotatable bonds is 0. The third-order valence-corrected chi connectivity index (χ3v) is 6.09. The van der Waals surface area contributed by atoms with Gasteiger partial charge in [0.25, 0.3) is 0 Å². The predicted octanol–water partition coefficient (Wildman–Crippen LogP) is 4.23. The van der Waals surface area contributed by atoms with Gasteiger partial charge in [0.05, 0.1) is 0 Å². The first-order valence-corrected chi connectivity index (χ1v) is 7.89. The molecule has 0 N–H and O–H groups in total. The summed E-state index contributed by atoms with van der Waals surface area (Å²) in [6.07, 6.45) is 0.263. The van der Waals surface area contributed by atoms with Crippen molar-refractivity contribution in [3.05, 3.63) is 22.8 Å². The Balaban J connectivity index is 1.98. The van der Waals surface area contributed by atoms with Gasteiger partial charge in [0, 0.05) is 36.4 Å². The molecule has 22 heavy (non-hydrogen) atoms. The van der Waals surface area contributed by atoms with Gasteiger partial charge in [0.1, 0.15) is 0 Å². The summed E-state index contributed by atoms with van der Waals surface area (Å²) in [4.78, 5) is 13.8. The van der Waals surface area contributed by atoms with E-state index >= 15 is 0 Å². The molecule has 0 aromatic rings. The van der Waals surface area contributed by atoms with Crippen molar-refractivity contribution < 1.29 is 18.0 Å². The second-order valence-electron chi connectivity index (χ2n) is 7.09. The third kappa shape index (κ3) is 2.12. The van der Waals surface area contributed by atoms with Crippen LogP contribution in [0.25, 0.3) is 0 Å². The molecule has 0 bridgehead atoms. The van der Waals surface area contributed by atoms with Gasteiger partial charge in [-0.15, -0.1) is 0 Å². The number of fused-ring (bicyclic) bond motifs is 3. The predicted molar refractivity (Wildman–Crippen MR) is 78.1 cm³/mol. The number of nitrogens with zero attached hydrogens (tertiary/aromatic N) is 1. The Hall–Kier alpha value is -1.26. The number of alkyl halides is 3. The molecule has 5 heteroatoms. The molecule has 122 valence electrons. The summed E-state index contributed by atoms with van der Waals surface area (Å²) in [6, 6.07) is 0.122. The summed E-state index contributed by atoms with van der Waals surface area (Å²) in [5.74, 6) is 0.0498. The van der Waals surface area contributed by atoms with Crippen LogP contribution in [0.4, 0.5) is 13.2 Å². The second-order valence-corrected chi connectivity index (χ2v) is 7.09. The maximum Gasteiger partial charge on any atom is 0.412 e. The zero-order valence-electron chi connectivity index (χ0n) is 13.3. The molecular formula is C17H22F3NO. The highest BCUT2D eigenvalue weighted by Crippen LogP contribution is 2.55. The van der Waals surface area contributed by atoms with E-state index in [0.29, 0.717) is 18.4 Å². The average molecular weight is 313 g/mol. The zero-order chi connectivity index (χ0) is 16.3. The van der Waals surface area contributed by atoms with E-state index in [0.717, 1.165) is 18.4 Å². The monoisotopic (exact) mass is 313 g/mol. The molecule has 3 rings (SSSR count). The van der Waals surface area contributed by atoms with Crippen LogP contribution in [0.5, 0.6) is 0 Å². The minimum atomic E-state index is -4.23. The highest BCUT2D eigenvalue weighted by Gasteiger charge is 2.52. The lowest BCUT2D eigenvalue weighted by Gasteiger charge is -2.54. The summed E-state index contributed by atoms with van der Waals surface area (Å²) in [5, 5.41) is 0. The zero-order valence-corrected chi connectivity index (χ0v) is 13.3. The molecule has 1 amide bonds. The van der Waals surface area contributed by atoms with Gasteiger partial charge >= 0.3 is 6.18 Å². The number of hydrogen-bond donors (Lipinski definition) is 0. The molecule has 2 aliphatic carbocycles. The van der Waals surface area contributed by atoms with Gasteiger partial charge in [-0.25, -0.2) is 0 Å². The van der Waals surface area contributed by atoms with Crippen molar-refractivity contribution in [2.75, 3.05) is 7.05 Å². The van der Waals surface area contributed by atoms with E-state index in [-0.39, 0.29) is 35.3 Å². The fourth-order valence-electron chi connectivity index (χ4n) is 4.79. The van der Waals surface area contributed by atoms with Crippen molar-refractivity contribution in [2.45, 2.75) is 58.2 Å². The van der Waals surface area contributed by atoms with E-state index < -0.39 is 6.18 Å². The van der Waals surface area contributed by atoms with Crippen LogP contribution in [-0.4, -0.2) is 30.1 Å². The van der Waals surface area contributed by atoms with Gasteiger partial charge < -0.3 is 4.90 Å². The van der Waals surface area contributed by atoms with Crippen LogP contribution in [-0.2, 0) is 4.79 Å². The summed E-state index contributed by atoms with van der Waals surface area (Å²) >= 11 is 0. The molecule has 2 fully saturated rings. The molecule has 1 saturated carbocycles. The van der Waals surface area contributed by atoms with Gasteiger partial charge in [-0.3, -0.25) is 4.79 Å². The molecule has 3 atom stereocenters. The molecule has 1 aliphatic heterocycles. The molecular weight excluding hydrogens is 291 g/mol. The Labute approximate surface area is 129 Å². The van der Waals surface area contributed by atoms with E-state index in [9.17, 15) is 18.0 Å². The maximum absolute atomic E-state index is 13.2. The topological polar surface area (TPSA) is 20.3 Å². The van der Waals surface area contributed by atoms with Crippen LogP contribution in [0.1, 0.15) is 46.0 Å². The fraction of sp³-hybridized carbons (Fsp3) is 0.706. The minimum absolute atomic E-state index is 0.0266. The summed E-state index contributed by atoms with van der Waals surface area (Å²) < 4.78 is 39.5. The number of carbonyl (C=O) groups is 1. The van der Waals surface area contributed by atoms with Crippen LogP contribution in [0.15, 0.2) is 22.8 Å². The third-order valence-electron chi connectivity index (χ3n) is 6.09. The van der Waals surface area contributed by atoms with Crippen LogP contribution >= 0.6 is 0 Å². The van der Waals surface area contributed by atoms with E-state index in [2.05, 4.69) is 6.92 Å². The molecule has 0 spiro atoms. The van der Waals surface area contributed by atoms with Crippen LogP contribution in [0.2, 0.25) is 0 Å². The number of carbonyl (C=O) groups excluding carboxylic acids is 1. The van der Waals surface area contributed by atoms with Crippen molar-refractivity contribution in [3.63, 3.8) is 0 Å². The average Bonchev–Trinajstić information content (AvgIpc) is 2.43. The maximum atomic E-state index is 13.2. The lowest BCUT2D eigenvalue weighted by molar-refractivity contribution is -0.140. The van der Waals surface area contributed by atoms with Crippen molar-refractivity contribution in [1.82, 2.24) is 4.90 Å². The SMILES string of the molecule is CC1=C(C(F)(F)F)CC=C2C1CCC1N(C)C(=O)CC[C@]21C. The van der Waals surface area contributed by atoms with Crippen molar-refractivity contribution in [2.24, 2.45) is 11.3 Å². The first kappa shape index (κ1) is 15.6. The van der Waals surface area contributed by atoms with Gasteiger partial charge in [0.2, 0.25) is 5.91 Å². The van der Waals surface area contributed by atoms with Gasteiger partial charge in [-0.1, -0.05) is 24.1 Å². The number of allylic oxidation sites excluding steroid dienone is 3. The van der Waals surface area contributed by atoms with E-state index in [1.807, 2.05) is 11.9 Å². The molecule has 1 heterocycles. The first-order valence-electron chi connectivity index (χ1n) is 7.89. The quantitative estimate of drug-likeness (QED) is 0.613. The summed E-state index contributed by atoms with van der Waals surface area (Å²) in [6.45, 7) is 3.77. The lowest BCUT2D eigenvalue weighted by atomic mass is 9.57. The Morgan fingerprint density at radius 1 is 1.32 bits per heavy atom. The largest absolute Gasteiger partial charge is 0.412 e. The van der Waals surface area contributed by atoms with E-state index in [4.69, 9.17) is 0 Å². The Morgan fingerprint density at radius 2 is 2.00 bits per heavy atom. The first-order chi connectivity index (χ1) is 10.2.